The zero-order valence-electron chi connectivity index (χ0n) is 13.9. The normalized spacial score (nSPS) is 14.6. The number of benzene rings is 1. The predicted octanol–water partition coefficient (Wildman–Crippen LogP) is 3.76. The maximum absolute atomic E-state index is 11.7. The highest BCUT2D eigenvalue weighted by Gasteiger charge is 2.19. The highest BCUT2D eigenvalue weighted by Crippen LogP contribution is 2.25. The van der Waals surface area contributed by atoms with E-state index in [9.17, 15) is 4.79 Å². The van der Waals surface area contributed by atoms with Crippen LogP contribution in [0.4, 0.5) is 0 Å². The van der Waals surface area contributed by atoms with Crippen LogP contribution in [-0.2, 0) is 11.3 Å². The molecule has 6 heteroatoms. The van der Waals surface area contributed by atoms with Crippen molar-refractivity contribution in [3.05, 3.63) is 47.7 Å². The van der Waals surface area contributed by atoms with Crippen molar-refractivity contribution in [3.8, 4) is 11.5 Å². The third kappa shape index (κ3) is 3.24. The molecule has 1 aliphatic rings. The molecule has 128 valence electrons. The molecule has 1 aromatic carbocycles. The van der Waals surface area contributed by atoms with E-state index in [1.54, 1.807) is 6.20 Å². The van der Waals surface area contributed by atoms with Gasteiger partial charge in [-0.05, 0) is 25.0 Å². The fourth-order valence-corrected chi connectivity index (χ4v) is 3.55. The van der Waals surface area contributed by atoms with Crippen LogP contribution in [0.2, 0.25) is 5.02 Å². The Hall–Kier alpha value is -2.40. The first-order valence-corrected chi connectivity index (χ1v) is 8.95. The summed E-state index contributed by atoms with van der Waals surface area (Å²) < 4.78 is 2.09. The number of pyridine rings is 1. The summed E-state index contributed by atoms with van der Waals surface area (Å²) in [4.78, 5) is 22.8. The van der Waals surface area contributed by atoms with Gasteiger partial charge in [0.05, 0.1) is 10.5 Å². The van der Waals surface area contributed by atoms with Gasteiger partial charge in [0.1, 0.15) is 5.69 Å². The van der Waals surface area contributed by atoms with Crippen molar-refractivity contribution in [1.82, 2.24) is 19.4 Å². The number of amides is 1. The van der Waals surface area contributed by atoms with Crippen LogP contribution in [0.5, 0.6) is 0 Å². The van der Waals surface area contributed by atoms with Crippen molar-refractivity contribution >= 4 is 28.4 Å². The van der Waals surface area contributed by atoms with Gasteiger partial charge in [0.25, 0.3) is 0 Å². The molecule has 2 aromatic heterocycles. The SMILES string of the molecule is O=C1CCCN1CCCn1ccnc1-c1ccc2cccc(Cl)c2n1. The molecule has 0 unspecified atom stereocenters. The average molecular weight is 355 g/mol. The number of aromatic nitrogens is 3. The van der Waals surface area contributed by atoms with E-state index in [0.29, 0.717) is 11.4 Å². The van der Waals surface area contributed by atoms with Crippen molar-refractivity contribution < 1.29 is 4.79 Å². The Morgan fingerprint density at radius 2 is 2.08 bits per heavy atom. The van der Waals surface area contributed by atoms with Gasteiger partial charge in [-0.15, -0.1) is 0 Å². The number of fused-ring (bicyclic) bond motifs is 1. The Bertz CT molecular complexity index is 921. The molecular weight excluding hydrogens is 336 g/mol. The molecule has 5 nitrogen and oxygen atoms in total. The van der Waals surface area contributed by atoms with E-state index in [4.69, 9.17) is 16.6 Å². The van der Waals surface area contributed by atoms with Gasteiger partial charge < -0.3 is 9.47 Å². The van der Waals surface area contributed by atoms with Gasteiger partial charge in [-0.25, -0.2) is 9.97 Å². The van der Waals surface area contributed by atoms with Crippen LogP contribution < -0.4 is 0 Å². The fraction of sp³-hybridized carbons (Fsp3) is 0.316. The number of hydrogen-bond acceptors (Lipinski definition) is 3. The van der Waals surface area contributed by atoms with Gasteiger partial charge in [-0.1, -0.05) is 29.8 Å². The van der Waals surface area contributed by atoms with E-state index >= 15 is 0 Å². The van der Waals surface area contributed by atoms with Crippen LogP contribution in [0.1, 0.15) is 19.3 Å². The highest BCUT2D eigenvalue weighted by molar-refractivity contribution is 6.35. The lowest BCUT2D eigenvalue weighted by Gasteiger charge is -2.16. The van der Waals surface area contributed by atoms with E-state index in [0.717, 1.165) is 54.9 Å². The van der Waals surface area contributed by atoms with Crippen LogP contribution in [0, 0.1) is 0 Å². The average Bonchev–Trinajstić information content (AvgIpc) is 3.25. The van der Waals surface area contributed by atoms with Gasteiger partial charge in [0.15, 0.2) is 5.82 Å². The van der Waals surface area contributed by atoms with Gasteiger partial charge in [0, 0.05) is 43.8 Å². The zero-order valence-corrected chi connectivity index (χ0v) is 14.6. The lowest BCUT2D eigenvalue weighted by atomic mass is 10.2. The lowest BCUT2D eigenvalue weighted by molar-refractivity contribution is -0.127. The second-order valence-electron chi connectivity index (χ2n) is 6.29. The number of likely N-dealkylation sites (tertiary alicyclic amines) is 1. The minimum Gasteiger partial charge on any atom is -0.343 e. The topological polar surface area (TPSA) is 51.0 Å². The molecule has 0 N–H and O–H groups in total. The van der Waals surface area contributed by atoms with Crippen LogP contribution in [-0.4, -0.2) is 38.4 Å². The molecule has 4 rings (SSSR count). The van der Waals surface area contributed by atoms with Crippen molar-refractivity contribution in [1.29, 1.82) is 0 Å². The number of imidazole rings is 1. The minimum absolute atomic E-state index is 0.275. The third-order valence-corrected chi connectivity index (χ3v) is 4.92. The standard InChI is InChI=1S/C19H19ClN4O/c20-15-5-1-4-14-7-8-16(22-18(14)15)19-21-9-13-24(19)12-3-11-23-10-2-6-17(23)25/h1,4-5,7-9,13H,2-3,6,10-12H2. The summed E-state index contributed by atoms with van der Waals surface area (Å²) in [6, 6.07) is 9.76. The molecule has 1 aliphatic heterocycles. The third-order valence-electron chi connectivity index (χ3n) is 4.61. The summed E-state index contributed by atoms with van der Waals surface area (Å²) in [6.07, 6.45) is 6.33. The molecule has 1 amide bonds. The van der Waals surface area contributed by atoms with Crippen LogP contribution in [0.3, 0.4) is 0 Å². The Balaban J connectivity index is 1.53. The largest absolute Gasteiger partial charge is 0.343 e. The Labute approximate surface area is 151 Å². The Morgan fingerprint density at radius 1 is 1.16 bits per heavy atom. The van der Waals surface area contributed by atoms with Gasteiger partial charge >= 0.3 is 0 Å². The van der Waals surface area contributed by atoms with E-state index in [2.05, 4.69) is 9.55 Å². The van der Waals surface area contributed by atoms with Gasteiger partial charge in [-0.2, -0.15) is 0 Å². The van der Waals surface area contributed by atoms with Gasteiger partial charge in [0.2, 0.25) is 5.91 Å². The minimum atomic E-state index is 0.275. The smallest absolute Gasteiger partial charge is 0.222 e. The van der Waals surface area contributed by atoms with Crippen molar-refractivity contribution in [3.63, 3.8) is 0 Å². The monoisotopic (exact) mass is 354 g/mol. The summed E-state index contributed by atoms with van der Waals surface area (Å²) >= 11 is 6.27. The lowest BCUT2D eigenvalue weighted by Crippen LogP contribution is -2.26. The van der Waals surface area contributed by atoms with Crippen molar-refractivity contribution in [2.24, 2.45) is 0 Å². The van der Waals surface area contributed by atoms with Crippen molar-refractivity contribution in [2.75, 3.05) is 13.1 Å². The summed E-state index contributed by atoms with van der Waals surface area (Å²) in [5.74, 6) is 1.10. The fourth-order valence-electron chi connectivity index (χ4n) is 3.33. The van der Waals surface area contributed by atoms with Crippen LogP contribution in [0.25, 0.3) is 22.4 Å². The number of hydrogen-bond donors (Lipinski definition) is 0. The number of para-hydroxylation sites is 1. The Morgan fingerprint density at radius 3 is 2.92 bits per heavy atom. The number of carbonyl (C=O) groups is 1. The number of aryl methyl sites for hydroxylation is 1. The summed E-state index contributed by atoms with van der Waals surface area (Å²) in [6.45, 7) is 2.50. The number of halogens is 1. The maximum Gasteiger partial charge on any atom is 0.222 e. The van der Waals surface area contributed by atoms with Crippen LogP contribution in [0.15, 0.2) is 42.7 Å². The molecule has 0 aliphatic carbocycles. The summed E-state index contributed by atoms with van der Waals surface area (Å²) in [5, 5.41) is 1.66. The molecule has 0 spiro atoms. The summed E-state index contributed by atoms with van der Waals surface area (Å²) in [7, 11) is 0. The number of carbonyl (C=O) groups excluding carboxylic acids is 1. The van der Waals surface area contributed by atoms with Gasteiger partial charge in [-0.3, -0.25) is 4.79 Å². The molecule has 1 saturated heterocycles. The summed E-state index contributed by atoms with van der Waals surface area (Å²) in [5.41, 5.74) is 1.60. The molecule has 3 aromatic rings. The molecule has 1 fully saturated rings. The first-order valence-electron chi connectivity index (χ1n) is 8.57. The first kappa shape index (κ1) is 16.1. The van der Waals surface area contributed by atoms with E-state index in [-0.39, 0.29) is 5.91 Å². The molecule has 0 bridgehead atoms. The zero-order chi connectivity index (χ0) is 17.2. The molecule has 0 atom stereocenters. The highest BCUT2D eigenvalue weighted by atomic mass is 35.5. The quantitative estimate of drug-likeness (QED) is 0.701. The molecule has 0 saturated carbocycles. The van der Waals surface area contributed by atoms with E-state index in [1.807, 2.05) is 41.4 Å². The van der Waals surface area contributed by atoms with E-state index in [1.165, 1.54) is 0 Å². The second kappa shape index (κ2) is 6.84. The maximum atomic E-state index is 11.7. The molecular formula is C19H19ClN4O. The second-order valence-corrected chi connectivity index (χ2v) is 6.70. The molecule has 0 radical (unpaired) electrons. The number of nitrogens with zero attached hydrogens (tertiary/aromatic N) is 4. The Kier molecular flexibility index (Phi) is 4.40. The van der Waals surface area contributed by atoms with E-state index < -0.39 is 0 Å². The predicted molar refractivity (Wildman–Crippen MR) is 98.4 cm³/mol. The molecule has 3 heterocycles. The number of rotatable bonds is 5. The first-order chi connectivity index (χ1) is 12.2. The molecule has 25 heavy (non-hydrogen) atoms. The van der Waals surface area contributed by atoms with Crippen LogP contribution >= 0.6 is 11.6 Å². The van der Waals surface area contributed by atoms with Crippen molar-refractivity contribution in [2.45, 2.75) is 25.8 Å².